The normalized spacial score (nSPS) is 23.7. The topological polar surface area (TPSA) is 66.8 Å². The predicted molar refractivity (Wildman–Crippen MR) is 101 cm³/mol. The van der Waals surface area contributed by atoms with Crippen molar-refractivity contribution in [3.05, 3.63) is 65.2 Å². The van der Waals surface area contributed by atoms with Gasteiger partial charge in [-0.15, -0.1) is 0 Å². The second-order valence-electron chi connectivity index (χ2n) is 7.73. The van der Waals surface area contributed by atoms with Crippen molar-refractivity contribution in [1.82, 2.24) is 4.90 Å². The van der Waals surface area contributed by atoms with Crippen LogP contribution < -0.4 is 4.74 Å². The van der Waals surface area contributed by atoms with Crippen LogP contribution in [-0.2, 0) is 4.79 Å². The number of amides is 1. The number of benzene rings is 2. The van der Waals surface area contributed by atoms with Gasteiger partial charge in [0.15, 0.2) is 5.78 Å². The summed E-state index contributed by atoms with van der Waals surface area (Å²) in [6, 6.07) is 13.8. The summed E-state index contributed by atoms with van der Waals surface area (Å²) in [6.07, 6.45) is 0.387. The molecule has 5 heteroatoms. The maximum absolute atomic E-state index is 12.8. The molecule has 0 radical (unpaired) electrons. The van der Waals surface area contributed by atoms with E-state index in [1.54, 1.807) is 35.2 Å². The number of aliphatic hydroxyl groups excluding tert-OH is 1. The maximum Gasteiger partial charge on any atom is 0.223 e. The molecule has 0 bridgehead atoms. The summed E-state index contributed by atoms with van der Waals surface area (Å²) in [5.74, 6) is 0.548. The molecule has 2 aromatic rings. The molecule has 5 nitrogen and oxygen atoms in total. The fraction of sp³-hybridized carbons (Fsp3) is 0.364. The van der Waals surface area contributed by atoms with Gasteiger partial charge in [-0.1, -0.05) is 30.3 Å². The smallest absolute Gasteiger partial charge is 0.223 e. The minimum absolute atomic E-state index is 0.0301. The third kappa shape index (κ3) is 3.02. The highest BCUT2D eigenvalue weighted by atomic mass is 16.5. The average Bonchev–Trinajstić information content (AvgIpc) is 3.08. The van der Waals surface area contributed by atoms with Crippen molar-refractivity contribution < 1.29 is 19.4 Å². The van der Waals surface area contributed by atoms with Gasteiger partial charge in [-0.3, -0.25) is 9.59 Å². The van der Waals surface area contributed by atoms with Crippen molar-refractivity contribution >= 4 is 11.7 Å². The summed E-state index contributed by atoms with van der Waals surface area (Å²) in [5, 5.41) is 11.0. The Balaban J connectivity index is 1.79. The van der Waals surface area contributed by atoms with E-state index in [2.05, 4.69) is 0 Å². The number of rotatable bonds is 3. The Morgan fingerprint density at radius 1 is 1.15 bits per heavy atom. The van der Waals surface area contributed by atoms with E-state index in [1.807, 2.05) is 32.0 Å². The molecular formula is C22H23NO4. The second kappa shape index (κ2) is 6.50. The van der Waals surface area contributed by atoms with Gasteiger partial charge in [0.25, 0.3) is 0 Å². The molecule has 0 aliphatic carbocycles. The summed E-state index contributed by atoms with van der Waals surface area (Å²) >= 11 is 0. The minimum Gasteiger partial charge on any atom is -0.485 e. The van der Waals surface area contributed by atoms with Crippen LogP contribution in [0.4, 0.5) is 0 Å². The predicted octanol–water partition coefficient (Wildman–Crippen LogP) is 3.11. The number of aliphatic hydroxyl groups is 1. The van der Waals surface area contributed by atoms with Crippen LogP contribution >= 0.6 is 0 Å². The van der Waals surface area contributed by atoms with Crippen LogP contribution in [0, 0.1) is 0 Å². The Morgan fingerprint density at radius 3 is 2.56 bits per heavy atom. The number of fused-ring (bicyclic) bond motifs is 1. The molecule has 2 atom stereocenters. The van der Waals surface area contributed by atoms with E-state index in [9.17, 15) is 14.7 Å². The summed E-state index contributed by atoms with van der Waals surface area (Å²) in [6.45, 7) is 4.24. The summed E-state index contributed by atoms with van der Waals surface area (Å²) in [5.41, 5.74) is 0.987. The lowest BCUT2D eigenvalue weighted by Gasteiger charge is -2.45. The van der Waals surface area contributed by atoms with Crippen molar-refractivity contribution in [3.63, 3.8) is 0 Å². The van der Waals surface area contributed by atoms with Crippen LogP contribution in [0.3, 0.4) is 0 Å². The number of hydrogen-bond acceptors (Lipinski definition) is 4. The van der Waals surface area contributed by atoms with Crippen LogP contribution in [0.25, 0.3) is 0 Å². The van der Waals surface area contributed by atoms with Gasteiger partial charge in [-0.25, -0.2) is 0 Å². The summed E-state index contributed by atoms with van der Waals surface area (Å²) in [7, 11) is 0. The fourth-order valence-electron chi connectivity index (χ4n) is 3.97. The molecule has 1 fully saturated rings. The Morgan fingerprint density at radius 2 is 1.89 bits per heavy atom. The van der Waals surface area contributed by atoms with E-state index in [1.165, 1.54) is 0 Å². The highest BCUT2D eigenvalue weighted by Crippen LogP contribution is 2.44. The monoisotopic (exact) mass is 365 g/mol. The highest BCUT2D eigenvalue weighted by molar-refractivity contribution is 6.09. The first-order chi connectivity index (χ1) is 12.9. The van der Waals surface area contributed by atoms with E-state index < -0.39 is 17.7 Å². The van der Waals surface area contributed by atoms with Crippen LogP contribution in [0.1, 0.15) is 54.2 Å². The quantitative estimate of drug-likeness (QED) is 0.849. The van der Waals surface area contributed by atoms with Crippen molar-refractivity contribution in [3.8, 4) is 5.75 Å². The molecule has 2 aliphatic rings. The zero-order valence-electron chi connectivity index (χ0n) is 15.5. The minimum atomic E-state index is -0.880. The van der Waals surface area contributed by atoms with Gasteiger partial charge in [0.2, 0.25) is 5.91 Å². The largest absolute Gasteiger partial charge is 0.485 e. The van der Waals surface area contributed by atoms with Gasteiger partial charge < -0.3 is 14.7 Å². The molecule has 2 unspecified atom stereocenters. The standard InChI is InChI=1S/C22H23NO4/c1-22(2)21(26)19(23-12-6-9-18(23)24)16-13-15(10-11-17(16)27-22)20(25)14-7-4-3-5-8-14/h3-5,7-8,10-11,13,19,21,26H,6,9,12H2,1-2H3. The Bertz CT molecular complexity index is 890. The third-order valence-electron chi connectivity index (χ3n) is 5.46. The van der Waals surface area contributed by atoms with E-state index in [4.69, 9.17) is 4.74 Å². The van der Waals surface area contributed by atoms with Crippen LogP contribution in [0.15, 0.2) is 48.5 Å². The molecule has 0 saturated carbocycles. The number of carbonyl (C=O) groups excluding carboxylic acids is 2. The lowest BCUT2D eigenvalue weighted by molar-refractivity contribution is -0.139. The first-order valence-electron chi connectivity index (χ1n) is 9.29. The van der Waals surface area contributed by atoms with Gasteiger partial charge in [0.1, 0.15) is 17.5 Å². The maximum atomic E-state index is 12.8. The molecule has 2 heterocycles. The van der Waals surface area contributed by atoms with Crippen molar-refractivity contribution in [1.29, 1.82) is 0 Å². The van der Waals surface area contributed by atoms with Crippen LogP contribution in [0.2, 0.25) is 0 Å². The lowest BCUT2D eigenvalue weighted by atomic mass is 9.84. The Labute approximate surface area is 158 Å². The van der Waals surface area contributed by atoms with Gasteiger partial charge in [-0.05, 0) is 38.5 Å². The van der Waals surface area contributed by atoms with Crippen molar-refractivity contribution in [2.24, 2.45) is 0 Å². The van der Waals surface area contributed by atoms with Crippen LogP contribution in [0.5, 0.6) is 5.75 Å². The molecule has 1 amide bonds. The number of ketones is 1. The first-order valence-corrected chi connectivity index (χ1v) is 9.29. The van der Waals surface area contributed by atoms with Crippen LogP contribution in [-0.4, -0.2) is 39.9 Å². The Kier molecular flexibility index (Phi) is 4.27. The van der Waals surface area contributed by atoms with Gasteiger partial charge in [0, 0.05) is 29.7 Å². The molecule has 0 aromatic heterocycles. The number of nitrogens with zero attached hydrogens (tertiary/aromatic N) is 1. The first kappa shape index (κ1) is 17.7. The van der Waals surface area contributed by atoms with Crippen molar-refractivity contribution in [2.75, 3.05) is 6.54 Å². The Hall–Kier alpha value is -2.66. The van der Waals surface area contributed by atoms with E-state index in [0.29, 0.717) is 35.4 Å². The molecular weight excluding hydrogens is 342 g/mol. The number of hydrogen-bond donors (Lipinski definition) is 1. The van der Waals surface area contributed by atoms with E-state index in [0.717, 1.165) is 6.42 Å². The van der Waals surface area contributed by atoms with E-state index >= 15 is 0 Å². The molecule has 0 spiro atoms. The molecule has 1 saturated heterocycles. The van der Waals surface area contributed by atoms with Gasteiger partial charge in [-0.2, -0.15) is 0 Å². The zero-order chi connectivity index (χ0) is 19.2. The SMILES string of the molecule is CC1(C)Oc2ccc(C(=O)c3ccccc3)cc2C(N2CCCC2=O)C1O. The number of carbonyl (C=O) groups is 2. The summed E-state index contributed by atoms with van der Waals surface area (Å²) < 4.78 is 6.00. The molecule has 2 aliphatic heterocycles. The molecule has 27 heavy (non-hydrogen) atoms. The summed E-state index contributed by atoms with van der Waals surface area (Å²) in [4.78, 5) is 27.0. The molecule has 2 aromatic carbocycles. The van der Waals surface area contributed by atoms with Crippen molar-refractivity contribution in [2.45, 2.75) is 44.4 Å². The molecule has 140 valence electrons. The second-order valence-corrected chi connectivity index (χ2v) is 7.73. The fourth-order valence-corrected chi connectivity index (χ4v) is 3.97. The number of ether oxygens (including phenoxy) is 1. The highest BCUT2D eigenvalue weighted by Gasteiger charge is 2.47. The molecule has 1 N–H and O–H groups in total. The van der Waals surface area contributed by atoms with Gasteiger partial charge in [0.05, 0.1) is 6.04 Å². The number of likely N-dealkylation sites (tertiary alicyclic amines) is 1. The molecule has 4 rings (SSSR count). The zero-order valence-corrected chi connectivity index (χ0v) is 15.5. The van der Waals surface area contributed by atoms with E-state index in [-0.39, 0.29) is 11.7 Å². The average molecular weight is 365 g/mol. The third-order valence-corrected chi connectivity index (χ3v) is 5.46. The lowest BCUT2D eigenvalue weighted by Crippen LogP contribution is -2.53. The van der Waals surface area contributed by atoms with Gasteiger partial charge >= 0.3 is 0 Å².